The number of hydrogen-bond acceptors (Lipinski definition) is 6. The number of amides is 1. The maximum absolute atomic E-state index is 12.7. The van der Waals surface area contributed by atoms with Gasteiger partial charge in [-0.25, -0.2) is 0 Å². The lowest BCUT2D eigenvalue weighted by Gasteiger charge is -2.17. The smallest absolute Gasteiger partial charge is 0.251 e. The molecule has 0 bridgehead atoms. The Hall–Kier alpha value is -3.00. The van der Waals surface area contributed by atoms with Gasteiger partial charge in [-0.3, -0.25) is 9.48 Å². The zero-order valence-electron chi connectivity index (χ0n) is 17.5. The average Bonchev–Trinajstić information content (AvgIpc) is 3.42. The maximum Gasteiger partial charge on any atom is 0.251 e. The van der Waals surface area contributed by atoms with E-state index in [9.17, 15) is 4.79 Å². The Kier molecular flexibility index (Phi) is 7.73. The van der Waals surface area contributed by atoms with Crippen LogP contribution in [0.4, 0.5) is 0 Å². The van der Waals surface area contributed by atoms with E-state index < -0.39 is 0 Å². The van der Waals surface area contributed by atoms with E-state index in [0.29, 0.717) is 55.7 Å². The van der Waals surface area contributed by atoms with Gasteiger partial charge < -0.3 is 19.5 Å². The van der Waals surface area contributed by atoms with Crippen molar-refractivity contribution in [3.05, 3.63) is 47.5 Å². The van der Waals surface area contributed by atoms with Crippen molar-refractivity contribution in [1.29, 1.82) is 0 Å². The molecule has 2 heterocycles. The van der Waals surface area contributed by atoms with Crippen LogP contribution in [0.2, 0.25) is 0 Å². The summed E-state index contributed by atoms with van der Waals surface area (Å²) in [5.74, 6) is 1.33. The molecule has 0 fully saturated rings. The average molecular weight is 430 g/mol. The molecule has 8 heteroatoms. The van der Waals surface area contributed by atoms with Crippen molar-refractivity contribution in [3.63, 3.8) is 0 Å². The fraction of sp³-hybridized carbons (Fsp3) is 0.364. The molecule has 30 heavy (non-hydrogen) atoms. The van der Waals surface area contributed by atoms with Crippen LogP contribution >= 0.6 is 11.3 Å². The fourth-order valence-corrected chi connectivity index (χ4v) is 3.64. The van der Waals surface area contributed by atoms with Crippen LogP contribution in [0.25, 0.3) is 10.6 Å². The van der Waals surface area contributed by atoms with Gasteiger partial charge in [-0.15, -0.1) is 11.3 Å². The van der Waals surface area contributed by atoms with Gasteiger partial charge in [-0.1, -0.05) is 6.07 Å². The van der Waals surface area contributed by atoms with Crippen molar-refractivity contribution >= 4 is 17.2 Å². The quantitative estimate of drug-likeness (QED) is 0.494. The second-order valence-corrected chi connectivity index (χ2v) is 7.25. The predicted molar refractivity (Wildman–Crippen MR) is 118 cm³/mol. The van der Waals surface area contributed by atoms with Crippen LogP contribution < -0.4 is 19.5 Å². The summed E-state index contributed by atoms with van der Waals surface area (Å²) in [6, 6.07) is 9.40. The highest BCUT2D eigenvalue weighted by Gasteiger charge is 2.18. The zero-order valence-corrected chi connectivity index (χ0v) is 18.3. The third kappa shape index (κ3) is 5.33. The predicted octanol–water partition coefficient (Wildman–Crippen LogP) is 4.24. The fourth-order valence-electron chi connectivity index (χ4n) is 2.95. The Labute approximate surface area is 180 Å². The van der Waals surface area contributed by atoms with Gasteiger partial charge >= 0.3 is 0 Å². The Bertz CT molecular complexity index is 926. The Morgan fingerprint density at radius 2 is 1.77 bits per heavy atom. The van der Waals surface area contributed by atoms with E-state index in [-0.39, 0.29) is 5.91 Å². The lowest BCUT2D eigenvalue weighted by molar-refractivity contribution is 0.0950. The molecule has 0 saturated carbocycles. The first kappa shape index (κ1) is 21.7. The van der Waals surface area contributed by atoms with Crippen molar-refractivity contribution in [1.82, 2.24) is 15.1 Å². The van der Waals surface area contributed by atoms with Crippen LogP contribution in [-0.2, 0) is 6.54 Å². The van der Waals surface area contributed by atoms with Crippen LogP contribution in [0.1, 0.15) is 31.1 Å². The Balaban J connectivity index is 1.67. The molecular weight excluding hydrogens is 402 g/mol. The molecule has 3 rings (SSSR count). The highest BCUT2D eigenvalue weighted by molar-refractivity contribution is 7.13. The maximum atomic E-state index is 12.7. The number of ether oxygens (including phenoxy) is 3. The summed E-state index contributed by atoms with van der Waals surface area (Å²) in [4.78, 5) is 13.8. The van der Waals surface area contributed by atoms with Crippen LogP contribution in [0, 0.1) is 0 Å². The number of hydrogen-bond donors (Lipinski definition) is 1. The van der Waals surface area contributed by atoms with Gasteiger partial charge in [-0.2, -0.15) is 5.10 Å². The standard InChI is InChI=1S/C22H27N3O4S/c1-4-27-18-14-16(15-19(28-5-2)21(18)29-6-3)22(26)23-10-12-25-11-9-17(24-25)20-8-7-13-30-20/h7-9,11,13-15H,4-6,10,12H2,1-3H3,(H,23,26). The molecule has 0 saturated heterocycles. The molecular formula is C22H27N3O4S. The molecule has 0 aliphatic heterocycles. The van der Waals surface area contributed by atoms with Crippen molar-refractivity contribution in [2.75, 3.05) is 26.4 Å². The number of aromatic nitrogens is 2. The van der Waals surface area contributed by atoms with Crippen LogP contribution in [0.15, 0.2) is 41.9 Å². The molecule has 1 N–H and O–H groups in total. The van der Waals surface area contributed by atoms with Crippen molar-refractivity contribution in [2.45, 2.75) is 27.3 Å². The molecule has 0 atom stereocenters. The zero-order chi connectivity index (χ0) is 21.3. The van der Waals surface area contributed by atoms with Gasteiger partial charge in [0.15, 0.2) is 11.5 Å². The molecule has 0 aliphatic carbocycles. The number of carbonyl (C=O) groups excluding carboxylic acids is 1. The highest BCUT2D eigenvalue weighted by Crippen LogP contribution is 2.39. The molecule has 1 amide bonds. The number of nitrogens with one attached hydrogen (secondary N) is 1. The highest BCUT2D eigenvalue weighted by atomic mass is 32.1. The summed E-state index contributed by atoms with van der Waals surface area (Å²) in [5, 5.41) is 9.51. The lowest BCUT2D eigenvalue weighted by Crippen LogP contribution is -2.27. The summed E-state index contributed by atoms with van der Waals surface area (Å²) in [7, 11) is 0. The summed E-state index contributed by atoms with van der Waals surface area (Å²) >= 11 is 1.65. The van der Waals surface area contributed by atoms with E-state index in [1.165, 1.54) is 0 Å². The molecule has 160 valence electrons. The van der Waals surface area contributed by atoms with Crippen molar-refractivity contribution < 1.29 is 19.0 Å². The third-order valence-corrected chi connectivity index (χ3v) is 5.10. The first-order valence-electron chi connectivity index (χ1n) is 10.1. The number of carbonyl (C=O) groups is 1. The van der Waals surface area contributed by atoms with Gasteiger partial charge in [0.25, 0.3) is 5.91 Å². The molecule has 3 aromatic rings. The molecule has 2 aromatic heterocycles. The van der Waals surface area contributed by atoms with E-state index >= 15 is 0 Å². The van der Waals surface area contributed by atoms with Crippen molar-refractivity contribution in [3.8, 4) is 27.8 Å². The van der Waals surface area contributed by atoms with E-state index in [1.54, 1.807) is 23.5 Å². The monoisotopic (exact) mass is 429 g/mol. The first-order chi connectivity index (χ1) is 14.7. The minimum Gasteiger partial charge on any atom is -0.490 e. The van der Waals surface area contributed by atoms with Crippen LogP contribution in [-0.4, -0.2) is 42.1 Å². The molecule has 0 aliphatic rings. The second-order valence-electron chi connectivity index (χ2n) is 6.30. The molecule has 7 nitrogen and oxygen atoms in total. The Morgan fingerprint density at radius 1 is 1.07 bits per heavy atom. The largest absolute Gasteiger partial charge is 0.490 e. The number of nitrogens with zero attached hydrogens (tertiary/aromatic N) is 2. The topological polar surface area (TPSA) is 74.6 Å². The van der Waals surface area contributed by atoms with Crippen LogP contribution in [0.3, 0.4) is 0 Å². The second kappa shape index (κ2) is 10.7. The normalized spacial score (nSPS) is 10.6. The van der Waals surface area contributed by atoms with Gasteiger partial charge in [0.2, 0.25) is 5.75 Å². The minimum atomic E-state index is -0.203. The summed E-state index contributed by atoms with van der Waals surface area (Å²) in [6.45, 7) is 8.09. The lowest BCUT2D eigenvalue weighted by atomic mass is 10.1. The summed E-state index contributed by atoms with van der Waals surface area (Å²) < 4.78 is 18.9. The third-order valence-electron chi connectivity index (χ3n) is 4.21. The van der Waals surface area contributed by atoms with Gasteiger partial charge in [0.1, 0.15) is 5.69 Å². The van der Waals surface area contributed by atoms with Gasteiger partial charge in [0.05, 0.1) is 31.2 Å². The van der Waals surface area contributed by atoms with E-state index in [1.807, 2.05) is 55.2 Å². The van der Waals surface area contributed by atoms with E-state index in [2.05, 4.69) is 10.4 Å². The number of rotatable bonds is 11. The Morgan fingerprint density at radius 3 is 2.37 bits per heavy atom. The summed E-state index contributed by atoms with van der Waals surface area (Å²) in [6.07, 6.45) is 1.92. The van der Waals surface area contributed by atoms with Crippen LogP contribution in [0.5, 0.6) is 17.2 Å². The van der Waals surface area contributed by atoms with Gasteiger partial charge in [-0.05, 0) is 50.4 Å². The minimum absolute atomic E-state index is 0.203. The summed E-state index contributed by atoms with van der Waals surface area (Å²) in [5.41, 5.74) is 1.40. The SMILES string of the molecule is CCOc1cc(C(=O)NCCn2ccc(-c3cccs3)n2)cc(OCC)c1OCC. The molecule has 1 aromatic carbocycles. The van der Waals surface area contributed by atoms with E-state index in [0.717, 1.165) is 10.6 Å². The number of thiophene rings is 1. The van der Waals surface area contributed by atoms with Gasteiger partial charge in [0, 0.05) is 18.3 Å². The molecule has 0 spiro atoms. The molecule has 0 radical (unpaired) electrons. The molecule has 0 unspecified atom stereocenters. The number of benzene rings is 1. The first-order valence-corrected chi connectivity index (χ1v) is 11.0. The van der Waals surface area contributed by atoms with Crippen molar-refractivity contribution in [2.24, 2.45) is 0 Å². The van der Waals surface area contributed by atoms with E-state index in [4.69, 9.17) is 14.2 Å².